The second kappa shape index (κ2) is 6.47. The Hall–Kier alpha value is -0.690. The summed E-state index contributed by atoms with van der Waals surface area (Å²) in [6.45, 7) is 1.28. The van der Waals surface area contributed by atoms with Crippen LogP contribution in [0.1, 0.15) is 24.9 Å². The van der Waals surface area contributed by atoms with Crippen LogP contribution >= 0.6 is 11.6 Å². The van der Waals surface area contributed by atoms with E-state index in [1.165, 1.54) is 12.1 Å². The van der Waals surface area contributed by atoms with Gasteiger partial charge in [0.05, 0.1) is 23.4 Å². The van der Waals surface area contributed by atoms with Crippen molar-refractivity contribution < 1.29 is 17.9 Å². The third kappa shape index (κ3) is 4.20. The van der Waals surface area contributed by atoms with Crippen LogP contribution in [0.15, 0.2) is 18.2 Å². The number of rotatable bonds is 6. The molecule has 0 aliphatic carbocycles. The molecular formula is C11H15ClFNO3S. The molecule has 1 atom stereocenters. The lowest BCUT2D eigenvalue weighted by Gasteiger charge is -2.16. The number of nitrogens with one attached hydrogen (secondary N) is 1. The van der Waals surface area contributed by atoms with Crippen LogP contribution < -0.4 is 4.72 Å². The fourth-order valence-electron chi connectivity index (χ4n) is 1.48. The molecule has 0 saturated heterocycles. The number of hydrogen-bond acceptors (Lipinski definition) is 3. The van der Waals surface area contributed by atoms with Gasteiger partial charge in [0, 0.05) is 0 Å². The quantitative estimate of drug-likeness (QED) is 0.841. The summed E-state index contributed by atoms with van der Waals surface area (Å²) in [7, 11) is -3.48. The van der Waals surface area contributed by atoms with Crippen LogP contribution in [0.4, 0.5) is 4.39 Å². The monoisotopic (exact) mass is 295 g/mol. The zero-order chi connectivity index (χ0) is 13.8. The molecule has 102 valence electrons. The molecule has 0 saturated carbocycles. The van der Waals surface area contributed by atoms with Gasteiger partial charge in [0.25, 0.3) is 0 Å². The molecular weight excluding hydrogens is 281 g/mol. The van der Waals surface area contributed by atoms with Crippen LogP contribution in [0.2, 0.25) is 5.02 Å². The molecule has 0 aliphatic rings. The second-order valence-electron chi connectivity index (χ2n) is 3.85. The molecule has 0 spiro atoms. The van der Waals surface area contributed by atoms with E-state index in [4.69, 9.17) is 11.6 Å². The molecule has 0 fully saturated rings. The fraction of sp³-hybridized carbons (Fsp3) is 0.455. The Morgan fingerprint density at radius 1 is 1.50 bits per heavy atom. The summed E-state index contributed by atoms with van der Waals surface area (Å²) in [4.78, 5) is 0. The average molecular weight is 296 g/mol. The summed E-state index contributed by atoms with van der Waals surface area (Å²) in [6, 6.07) is 3.04. The summed E-state index contributed by atoms with van der Waals surface area (Å²) in [6.07, 6.45) is 0.461. The maximum atomic E-state index is 13.3. The maximum absolute atomic E-state index is 13.3. The molecule has 1 aromatic rings. The van der Waals surface area contributed by atoms with Crippen LogP contribution in [-0.2, 0) is 10.0 Å². The van der Waals surface area contributed by atoms with E-state index in [0.717, 1.165) is 6.07 Å². The van der Waals surface area contributed by atoms with Crippen LogP contribution in [0.3, 0.4) is 0 Å². The summed E-state index contributed by atoms with van der Waals surface area (Å²) in [5, 5.41) is 9.14. The third-order valence-corrected chi connectivity index (χ3v) is 4.22. The predicted octanol–water partition coefficient (Wildman–Crippen LogP) is 1.84. The number of aliphatic hydroxyl groups is 1. The molecule has 0 aliphatic heterocycles. The van der Waals surface area contributed by atoms with Crippen molar-refractivity contribution in [3.63, 3.8) is 0 Å². The highest BCUT2D eigenvalue weighted by molar-refractivity contribution is 7.89. The minimum absolute atomic E-state index is 0.0421. The van der Waals surface area contributed by atoms with Crippen molar-refractivity contribution in [2.75, 3.05) is 12.4 Å². The number of hydrogen-bond donors (Lipinski definition) is 2. The van der Waals surface area contributed by atoms with Gasteiger partial charge >= 0.3 is 0 Å². The molecule has 1 unspecified atom stereocenters. The van der Waals surface area contributed by atoms with Crippen LogP contribution in [-0.4, -0.2) is 25.9 Å². The van der Waals surface area contributed by atoms with Crippen molar-refractivity contribution in [2.45, 2.75) is 19.4 Å². The first kappa shape index (κ1) is 15.4. The van der Waals surface area contributed by atoms with Crippen molar-refractivity contribution >= 4 is 21.6 Å². The van der Waals surface area contributed by atoms with E-state index in [1.807, 2.05) is 0 Å². The van der Waals surface area contributed by atoms with Gasteiger partial charge in [0.15, 0.2) is 0 Å². The van der Waals surface area contributed by atoms with Crippen molar-refractivity contribution in [3.8, 4) is 0 Å². The van der Waals surface area contributed by atoms with Gasteiger partial charge in [-0.3, -0.25) is 0 Å². The lowest BCUT2D eigenvalue weighted by Crippen LogP contribution is -2.32. The Bertz CT molecular complexity index is 507. The van der Waals surface area contributed by atoms with E-state index in [2.05, 4.69) is 4.72 Å². The van der Waals surface area contributed by atoms with Gasteiger partial charge in [0.2, 0.25) is 10.0 Å². The topological polar surface area (TPSA) is 66.4 Å². The Labute approximate surface area is 111 Å². The molecule has 2 N–H and O–H groups in total. The molecule has 0 radical (unpaired) electrons. The van der Waals surface area contributed by atoms with Crippen LogP contribution in [0.25, 0.3) is 0 Å². The van der Waals surface area contributed by atoms with E-state index >= 15 is 0 Å². The van der Waals surface area contributed by atoms with Crippen LogP contribution in [0, 0.1) is 5.82 Å². The zero-order valence-electron chi connectivity index (χ0n) is 9.86. The number of halogens is 2. The van der Waals surface area contributed by atoms with Crippen molar-refractivity contribution in [1.29, 1.82) is 0 Å². The minimum Gasteiger partial charge on any atom is -0.394 e. The van der Waals surface area contributed by atoms with Gasteiger partial charge in [-0.15, -0.1) is 0 Å². The first-order chi connectivity index (χ1) is 8.39. The lowest BCUT2D eigenvalue weighted by atomic mass is 10.1. The van der Waals surface area contributed by atoms with Crippen molar-refractivity contribution in [1.82, 2.24) is 4.72 Å². The molecule has 1 aromatic carbocycles. The van der Waals surface area contributed by atoms with E-state index in [-0.39, 0.29) is 10.8 Å². The maximum Gasteiger partial charge on any atom is 0.212 e. The zero-order valence-corrected chi connectivity index (χ0v) is 11.4. The predicted molar refractivity (Wildman–Crippen MR) is 68.5 cm³/mol. The van der Waals surface area contributed by atoms with Gasteiger partial charge in [-0.1, -0.05) is 24.6 Å². The molecule has 0 bridgehead atoms. The summed E-state index contributed by atoms with van der Waals surface area (Å²) < 4.78 is 38.8. The standard InChI is InChI=1S/C11H15ClFNO3S/c1-2-5-18(16,17)14-11(7-15)8-3-4-9(12)10(13)6-8/h3-4,6,11,14-15H,2,5,7H2,1H3. The Balaban J connectivity index is 2.93. The first-order valence-corrected chi connectivity index (χ1v) is 7.48. The van der Waals surface area contributed by atoms with Gasteiger partial charge in [-0.2, -0.15) is 0 Å². The van der Waals surface area contributed by atoms with E-state index in [9.17, 15) is 17.9 Å². The van der Waals surface area contributed by atoms with Crippen molar-refractivity contribution in [2.24, 2.45) is 0 Å². The van der Waals surface area contributed by atoms with Gasteiger partial charge in [-0.25, -0.2) is 17.5 Å². The highest BCUT2D eigenvalue weighted by Gasteiger charge is 2.19. The van der Waals surface area contributed by atoms with Crippen molar-refractivity contribution in [3.05, 3.63) is 34.6 Å². The van der Waals surface area contributed by atoms with Gasteiger partial charge in [0.1, 0.15) is 5.82 Å². The highest BCUT2D eigenvalue weighted by atomic mass is 35.5. The van der Waals surface area contributed by atoms with E-state index < -0.39 is 28.5 Å². The molecule has 18 heavy (non-hydrogen) atoms. The first-order valence-electron chi connectivity index (χ1n) is 5.45. The summed E-state index contributed by atoms with van der Waals surface area (Å²) >= 11 is 5.54. The van der Waals surface area contributed by atoms with E-state index in [1.54, 1.807) is 6.92 Å². The Morgan fingerprint density at radius 3 is 2.67 bits per heavy atom. The minimum atomic E-state index is -3.48. The Morgan fingerprint density at radius 2 is 2.17 bits per heavy atom. The van der Waals surface area contributed by atoms with Gasteiger partial charge < -0.3 is 5.11 Å². The summed E-state index contributed by atoms with van der Waals surface area (Å²) in [5.41, 5.74) is 0.332. The molecule has 0 heterocycles. The molecule has 0 aromatic heterocycles. The molecule has 1 rings (SSSR count). The fourth-order valence-corrected chi connectivity index (χ4v) is 2.90. The lowest BCUT2D eigenvalue weighted by molar-refractivity contribution is 0.258. The highest BCUT2D eigenvalue weighted by Crippen LogP contribution is 2.20. The van der Waals surface area contributed by atoms with Gasteiger partial charge in [-0.05, 0) is 24.1 Å². The number of sulfonamides is 1. The smallest absolute Gasteiger partial charge is 0.212 e. The SMILES string of the molecule is CCCS(=O)(=O)NC(CO)c1ccc(Cl)c(F)c1. The summed E-state index contributed by atoms with van der Waals surface area (Å²) in [5.74, 6) is -0.693. The Kier molecular flexibility index (Phi) is 5.52. The third-order valence-electron chi connectivity index (χ3n) is 2.32. The number of aliphatic hydroxyl groups excluding tert-OH is 1. The van der Waals surface area contributed by atoms with E-state index in [0.29, 0.717) is 12.0 Å². The largest absolute Gasteiger partial charge is 0.394 e. The molecule has 7 heteroatoms. The second-order valence-corrected chi connectivity index (χ2v) is 6.13. The normalized spacial score (nSPS) is 13.6. The average Bonchev–Trinajstić information content (AvgIpc) is 2.30. The molecule has 0 amide bonds. The van der Waals surface area contributed by atoms with Crippen LogP contribution in [0.5, 0.6) is 0 Å². The molecule has 4 nitrogen and oxygen atoms in total. The number of benzene rings is 1.